The van der Waals surface area contributed by atoms with E-state index in [-0.39, 0.29) is 13.1 Å². The highest BCUT2D eigenvalue weighted by Crippen LogP contribution is 2.35. The van der Waals surface area contributed by atoms with Crippen LogP contribution in [-0.2, 0) is 16.2 Å². The first-order chi connectivity index (χ1) is 9.25. The predicted molar refractivity (Wildman–Crippen MR) is 67.6 cm³/mol. The van der Waals surface area contributed by atoms with E-state index in [4.69, 9.17) is 5.11 Å². The van der Waals surface area contributed by atoms with Gasteiger partial charge in [-0.1, -0.05) is 19.1 Å². The fourth-order valence-corrected chi connectivity index (χ4v) is 3.51. The molecular formula is C12H16F3NO3S. The van der Waals surface area contributed by atoms with E-state index < -0.39 is 33.3 Å². The van der Waals surface area contributed by atoms with Crippen molar-refractivity contribution < 1.29 is 26.7 Å². The second-order valence-electron chi connectivity index (χ2n) is 4.12. The van der Waals surface area contributed by atoms with Gasteiger partial charge < -0.3 is 5.11 Å². The maximum atomic E-state index is 12.9. The summed E-state index contributed by atoms with van der Waals surface area (Å²) in [6, 6.07) is 4.04. The second kappa shape index (κ2) is 6.55. The minimum atomic E-state index is -4.75. The van der Waals surface area contributed by atoms with Crippen LogP contribution in [0.25, 0.3) is 0 Å². The van der Waals surface area contributed by atoms with Crippen molar-refractivity contribution in [3.05, 3.63) is 29.8 Å². The van der Waals surface area contributed by atoms with Crippen LogP contribution in [0.2, 0.25) is 0 Å². The van der Waals surface area contributed by atoms with Crippen LogP contribution in [0.5, 0.6) is 0 Å². The molecule has 0 unspecified atom stereocenters. The summed E-state index contributed by atoms with van der Waals surface area (Å²) >= 11 is 0. The van der Waals surface area contributed by atoms with E-state index >= 15 is 0 Å². The normalized spacial score (nSPS) is 12.9. The Labute approximate surface area is 115 Å². The summed E-state index contributed by atoms with van der Waals surface area (Å²) in [5.41, 5.74) is -1.20. The molecular weight excluding hydrogens is 295 g/mol. The average Bonchev–Trinajstić information content (AvgIpc) is 2.37. The standard InChI is InChI=1S/C12H16F3NO3S/c1-2-7-16(8-9-17)20(18,19)11-6-4-3-5-10(11)12(13,14)15/h3-6,17H,2,7-9H2,1H3. The molecule has 114 valence electrons. The largest absolute Gasteiger partial charge is 0.417 e. The van der Waals surface area contributed by atoms with Crippen molar-refractivity contribution in [2.75, 3.05) is 19.7 Å². The number of halogens is 3. The van der Waals surface area contributed by atoms with Gasteiger partial charge in [0.25, 0.3) is 0 Å². The molecule has 0 amide bonds. The first-order valence-corrected chi connectivity index (χ1v) is 7.46. The van der Waals surface area contributed by atoms with Crippen molar-refractivity contribution in [3.8, 4) is 0 Å². The molecule has 0 aliphatic heterocycles. The molecule has 0 atom stereocenters. The Morgan fingerprint density at radius 2 is 1.80 bits per heavy atom. The maximum absolute atomic E-state index is 12.9. The number of sulfonamides is 1. The third kappa shape index (κ3) is 3.71. The average molecular weight is 311 g/mol. The van der Waals surface area contributed by atoms with Crippen molar-refractivity contribution in [1.82, 2.24) is 4.31 Å². The van der Waals surface area contributed by atoms with E-state index in [0.29, 0.717) is 6.42 Å². The van der Waals surface area contributed by atoms with Crippen LogP contribution in [0, 0.1) is 0 Å². The molecule has 8 heteroatoms. The van der Waals surface area contributed by atoms with Crippen LogP contribution < -0.4 is 0 Å². The maximum Gasteiger partial charge on any atom is 0.417 e. The van der Waals surface area contributed by atoms with Crippen LogP contribution in [0.4, 0.5) is 13.2 Å². The van der Waals surface area contributed by atoms with E-state index in [1.54, 1.807) is 6.92 Å². The number of benzene rings is 1. The van der Waals surface area contributed by atoms with Gasteiger partial charge in [-0.05, 0) is 18.6 Å². The molecule has 0 aliphatic rings. The van der Waals surface area contributed by atoms with Gasteiger partial charge in [-0.3, -0.25) is 0 Å². The molecule has 0 bridgehead atoms. The van der Waals surface area contributed by atoms with Gasteiger partial charge in [0.1, 0.15) is 0 Å². The number of aliphatic hydroxyl groups is 1. The Hall–Kier alpha value is -1.12. The summed E-state index contributed by atoms with van der Waals surface area (Å²) < 4.78 is 64.1. The van der Waals surface area contributed by atoms with Gasteiger partial charge >= 0.3 is 6.18 Å². The van der Waals surface area contributed by atoms with Gasteiger partial charge in [0.05, 0.1) is 17.1 Å². The Balaban J connectivity index is 3.34. The van der Waals surface area contributed by atoms with Gasteiger partial charge in [-0.2, -0.15) is 17.5 Å². The van der Waals surface area contributed by atoms with Crippen LogP contribution in [0.1, 0.15) is 18.9 Å². The summed E-state index contributed by atoms with van der Waals surface area (Å²) in [5, 5.41) is 8.87. The summed E-state index contributed by atoms with van der Waals surface area (Å²) in [5.74, 6) is 0. The molecule has 0 saturated carbocycles. The third-order valence-corrected chi connectivity index (χ3v) is 4.59. The van der Waals surface area contributed by atoms with Crippen molar-refractivity contribution in [3.63, 3.8) is 0 Å². The van der Waals surface area contributed by atoms with Crippen molar-refractivity contribution in [1.29, 1.82) is 0 Å². The smallest absolute Gasteiger partial charge is 0.395 e. The van der Waals surface area contributed by atoms with Crippen LogP contribution in [0.15, 0.2) is 29.2 Å². The molecule has 1 aromatic carbocycles. The van der Waals surface area contributed by atoms with Gasteiger partial charge in [0.15, 0.2) is 0 Å². The molecule has 20 heavy (non-hydrogen) atoms. The SMILES string of the molecule is CCCN(CCO)S(=O)(=O)c1ccccc1C(F)(F)F. The van der Waals surface area contributed by atoms with E-state index in [9.17, 15) is 21.6 Å². The highest BCUT2D eigenvalue weighted by Gasteiger charge is 2.38. The zero-order valence-corrected chi connectivity index (χ0v) is 11.7. The van der Waals surface area contributed by atoms with Gasteiger partial charge in [-0.15, -0.1) is 0 Å². The molecule has 1 aromatic rings. The summed E-state index contributed by atoms with van der Waals surface area (Å²) in [7, 11) is -4.29. The number of hydrogen-bond acceptors (Lipinski definition) is 3. The fraction of sp³-hybridized carbons (Fsp3) is 0.500. The summed E-state index contributed by atoms with van der Waals surface area (Å²) in [6.45, 7) is 1.07. The first kappa shape index (κ1) is 16.9. The third-order valence-electron chi connectivity index (χ3n) is 2.63. The summed E-state index contributed by atoms with van der Waals surface area (Å²) in [6.07, 6.45) is -4.31. The van der Waals surface area contributed by atoms with Gasteiger partial charge in [0, 0.05) is 13.1 Å². The molecule has 4 nitrogen and oxygen atoms in total. The lowest BCUT2D eigenvalue weighted by Crippen LogP contribution is -2.35. The van der Waals surface area contributed by atoms with E-state index in [1.807, 2.05) is 0 Å². The van der Waals surface area contributed by atoms with E-state index in [2.05, 4.69) is 0 Å². The molecule has 1 N–H and O–H groups in total. The Morgan fingerprint density at radius 3 is 2.30 bits per heavy atom. The number of aliphatic hydroxyl groups excluding tert-OH is 1. The van der Waals surface area contributed by atoms with E-state index in [0.717, 1.165) is 22.5 Å². The monoisotopic (exact) mass is 311 g/mol. The first-order valence-electron chi connectivity index (χ1n) is 6.02. The Bertz CT molecular complexity index is 537. The molecule has 0 aromatic heterocycles. The van der Waals surface area contributed by atoms with Crippen molar-refractivity contribution in [2.45, 2.75) is 24.4 Å². The molecule has 1 rings (SSSR count). The van der Waals surface area contributed by atoms with E-state index in [1.165, 1.54) is 6.07 Å². The fourth-order valence-electron chi connectivity index (χ4n) is 1.78. The van der Waals surface area contributed by atoms with Crippen molar-refractivity contribution in [2.24, 2.45) is 0 Å². The minimum Gasteiger partial charge on any atom is -0.395 e. The number of hydrogen-bond donors (Lipinski definition) is 1. The van der Waals surface area contributed by atoms with Crippen molar-refractivity contribution >= 4 is 10.0 Å². The topological polar surface area (TPSA) is 57.6 Å². The lowest BCUT2D eigenvalue weighted by Gasteiger charge is -2.22. The highest BCUT2D eigenvalue weighted by atomic mass is 32.2. The van der Waals surface area contributed by atoms with Crippen LogP contribution >= 0.6 is 0 Å². The second-order valence-corrected chi connectivity index (χ2v) is 6.03. The Kier molecular flexibility index (Phi) is 5.55. The molecule has 0 spiro atoms. The number of alkyl halides is 3. The molecule has 0 radical (unpaired) electrons. The van der Waals surface area contributed by atoms with Gasteiger partial charge in [0.2, 0.25) is 10.0 Å². The predicted octanol–water partition coefficient (Wildman–Crippen LogP) is 2.10. The molecule has 0 fully saturated rings. The lowest BCUT2D eigenvalue weighted by atomic mass is 10.2. The minimum absolute atomic E-state index is 0.0507. The Morgan fingerprint density at radius 1 is 1.20 bits per heavy atom. The quantitative estimate of drug-likeness (QED) is 0.875. The summed E-state index contributed by atoms with van der Waals surface area (Å²) in [4.78, 5) is -0.783. The molecule has 0 heterocycles. The van der Waals surface area contributed by atoms with Crippen LogP contribution in [-0.4, -0.2) is 37.5 Å². The lowest BCUT2D eigenvalue weighted by molar-refractivity contribution is -0.139. The number of rotatable bonds is 6. The zero-order chi connectivity index (χ0) is 15.4. The highest BCUT2D eigenvalue weighted by molar-refractivity contribution is 7.89. The molecule has 0 aliphatic carbocycles. The zero-order valence-electron chi connectivity index (χ0n) is 10.9. The molecule has 0 saturated heterocycles. The van der Waals surface area contributed by atoms with Gasteiger partial charge in [-0.25, -0.2) is 8.42 Å². The van der Waals surface area contributed by atoms with Crippen LogP contribution in [0.3, 0.4) is 0 Å². The number of nitrogens with zero attached hydrogens (tertiary/aromatic N) is 1.